The molecule has 0 bridgehead atoms. The zero-order valence-electron chi connectivity index (χ0n) is 22.9. The minimum absolute atomic E-state index is 0.00393. The molecule has 1 atom stereocenters. The van der Waals surface area contributed by atoms with E-state index < -0.39 is 33.7 Å². The molecule has 1 N–H and O–H groups in total. The fraction of sp³-hybridized carbons (Fsp3) is 0.500. The Bertz CT molecular complexity index is 1340. The highest BCUT2D eigenvalue weighted by atomic mass is 35.5. The Morgan fingerprint density at radius 2 is 1.76 bits per heavy atom. The number of hydrogen-bond acceptors (Lipinski definition) is 4. The molecule has 1 aliphatic carbocycles. The van der Waals surface area contributed by atoms with Crippen LogP contribution in [-0.4, -0.2) is 50.0 Å². The Kier molecular flexibility index (Phi) is 11.4. The van der Waals surface area contributed by atoms with Gasteiger partial charge >= 0.3 is 6.18 Å². The summed E-state index contributed by atoms with van der Waals surface area (Å²) in [7, 11) is -3.96. The van der Waals surface area contributed by atoms with Crippen molar-refractivity contribution in [2.24, 2.45) is 0 Å². The third kappa shape index (κ3) is 9.51. The molecule has 0 spiro atoms. The van der Waals surface area contributed by atoms with Gasteiger partial charge < -0.3 is 10.2 Å². The average molecular weight is 637 g/mol. The highest BCUT2D eigenvalue weighted by Gasteiger charge is 2.32. The maximum absolute atomic E-state index is 13.5. The van der Waals surface area contributed by atoms with Gasteiger partial charge in [-0.15, -0.1) is 0 Å². The van der Waals surface area contributed by atoms with Crippen LogP contribution in [0.1, 0.15) is 63.0 Å². The quantitative estimate of drug-likeness (QED) is 0.308. The molecule has 1 saturated carbocycles. The van der Waals surface area contributed by atoms with Gasteiger partial charge in [0.25, 0.3) is 0 Å². The summed E-state index contributed by atoms with van der Waals surface area (Å²) in [6, 6.07) is 8.01. The van der Waals surface area contributed by atoms with Crippen molar-refractivity contribution in [2.45, 2.75) is 76.7 Å². The van der Waals surface area contributed by atoms with Crippen LogP contribution in [0.3, 0.4) is 0 Å². The predicted octanol–water partition coefficient (Wildman–Crippen LogP) is 6.42. The zero-order chi connectivity index (χ0) is 30.4. The summed E-state index contributed by atoms with van der Waals surface area (Å²) < 4.78 is 65.5. The molecule has 0 aliphatic heterocycles. The SMILES string of the molecule is C[C@@H](C(=O)NC1CCCCC1)N(Cc1ccc(Cl)cc1Cl)C(=O)CCCN(c1cccc(C(F)(F)F)c1)S(C)(=O)=O. The second-order valence-electron chi connectivity index (χ2n) is 10.3. The first-order valence-electron chi connectivity index (χ1n) is 13.4. The van der Waals surface area contributed by atoms with Crippen molar-refractivity contribution in [1.29, 1.82) is 0 Å². The normalized spacial score (nSPS) is 15.3. The van der Waals surface area contributed by atoms with E-state index in [0.717, 1.165) is 60.9 Å². The Morgan fingerprint density at radius 3 is 2.37 bits per heavy atom. The molecule has 3 rings (SSSR count). The Morgan fingerprint density at radius 1 is 1.07 bits per heavy atom. The number of rotatable bonds is 11. The van der Waals surface area contributed by atoms with Gasteiger partial charge in [-0.1, -0.05) is 54.6 Å². The number of hydrogen-bond donors (Lipinski definition) is 1. The molecule has 2 aromatic rings. The zero-order valence-corrected chi connectivity index (χ0v) is 25.2. The first-order valence-corrected chi connectivity index (χ1v) is 16.0. The maximum atomic E-state index is 13.5. The Labute approximate surface area is 249 Å². The molecule has 13 heteroatoms. The van der Waals surface area contributed by atoms with Gasteiger partial charge in [0.2, 0.25) is 21.8 Å². The molecule has 226 valence electrons. The molecule has 0 aromatic heterocycles. The lowest BCUT2D eigenvalue weighted by molar-refractivity contribution is -0.141. The van der Waals surface area contributed by atoms with Crippen LogP contribution >= 0.6 is 23.2 Å². The molecule has 1 fully saturated rings. The van der Waals surface area contributed by atoms with E-state index in [1.165, 1.54) is 17.0 Å². The average Bonchev–Trinajstić information content (AvgIpc) is 2.89. The summed E-state index contributed by atoms with van der Waals surface area (Å²) in [6.45, 7) is 1.40. The summed E-state index contributed by atoms with van der Waals surface area (Å²) in [5.41, 5.74) is -0.563. The summed E-state index contributed by atoms with van der Waals surface area (Å²) in [5, 5.41) is 3.76. The topological polar surface area (TPSA) is 86.8 Å². The molecule has 2 aromatic carbocycles. The smallest absolute Gasteiger partial charge is 0.352 e. The van der Waals surface area contributed by atoms with Crippen LogP contribution in [0.25, 0.3) is 0 Å². The van der Waals surface area contributed by atoms with Crippen LogP contribution in [0.5, 0.6) is 0 Å². The fourth-order valence-electron chi connectivity index (χ4n) is 4.83. The van der Waals surface area contributed by atoms with Gasteiger partial charge in [-0.2, -0.15) is 13.2 Å². The van der Waals surface area contributed by atoms with Gasteiger partial charge in [-0.3, -0.25) is 13.9 Å². The number of benzene rings is 2. The number of nitrogens with one attached hydrogen (secondary N) is 1. The number of carbonyl (C=O) groups is 2. The molecular weight excluding hydrogens is 602 g/mol. The van der Waals surface area contributed by atoms with Gasteiger partial charge in [-0.25, -0.2) is 8.42 Å². The lowest BCUT2D eigenvalue weighted by atomic mass is 9.95. The van der Waals surface area contributed by atoms with Gasteiger partial charge in [0.1, 0.15) is 6.04 Å². The first-order chi connectivity index (χ1) is 19.2. The number of anilines is 1. The molecule has 1 aliphatic rings. The van der Waals surface area contributed by atoms with E-state index in [-0.39, 0.29) is 43.6 Å². The van der Waals surface area contributed by atoms with Gasteiger partial charge in [0, 0.05) is 35.6 Å². The van der Waals surface area contributed by atoms with Crippen molar-refractivity contribution in [3.8, 4) is 0 Å². The van der Waals surface area contributed by atoms with E-state index in [9.17, 15) is 31.2 Å². The largest absolute Gasteiger partial charge is 0.416 e. The van der Waals surface area contributed by atoms with E-state index >= 15 is 0 Å². The van der Waals surface area contributed by atoms with Crippen LogP contribution in [0.2, 0.25) is 10.0 Å². The lowest BCUT2D eigenvalue weighted by Crippen LogP contribution is -2.50. The van der Waals surface area contributed by atoms with Crippen molar-refractivity contribution >= 4 is 50.7 Å². The van der Waals surface area contributed by atoms with Crippen LogP contribution in [0, 0.1) is 0 Å². The molecule has 2 amide bonds. The Hall–Kier alpha value is -2.50. The third-order valence-electron chi connectivity index (χ3n) is 7.09. The molecule has 0 radical (unpaired) electrons. The van der Waals surface area contributed by atoms with Crippen molar-refractivity contribution in [3.63, 3.8) is 0 Å². The summed E-state index contributed by atoms with van der Waals surface area (Å²) in [4.78, 5) is 28.0. The van der Waals surface area contributed by atoms with E-state index in [1.807, 2.05) is 0 Å². The van der Waals surface area contributed by atoms with Crippen molar-refractivity contribution in [3.05, 3.63) is 63.6 Å². The van der Waals surface area contributed by atoms with Gasteiger partial charge in [-0.05, 0) is 62.1 Å². The van der Waals surface area contributed by atoms with Crippen LogP contribution in [0.4, 0.5) is 18.9 Å². The van der Waals surface area contributed by atoms with Gasteiger partial charge in [0.05, 0.1) is 17.5 Å². The summed E-state index contributed by atoms with van der Waals surface area (Å²) in [5.74, 6) is -0.739. The summed E-state index contributed by atoms with van der Waals surface area (Å²) in [6.07, 6.45) is 0.983. The summed E-state index contributed by atoms with van der Waals surface area (Å²) >= 11 is 12.4. The molecule has 0 saturated heterocycles. The van der Waals surface area contributed by atoms with Crippen LogP contribution in [0.15, 0.2) is 42.5 Å². The van der Waals surface area contributed by atoms with Gasteiger partial charge in [0.15, 0.2) is 0 Å². The lowest BCUT2D eigenvalue weighted by Gasteiger charge is -2.32. The van der Waals surface area contributed by atoms with Crippen LogP contribution < -0.4 is 9.62 Å². The monoisotopic (exact) mass is 635 g/mol. The molecule has 0 heterocycles. The van der Waals surface area contributed by atoms with Crippen molar-refractivity contribution in [2.75, 3.05) is 17.1 Å². The number of sulfonamides is 1. The first kappa shape index (κ1) is 33.0. The predicted molar refractivity (Wildman–Crippen MR) is 154 cm³/mol. The van der Waals surface area contributed by atoms with Crippen LogP contribution in [-0.2, 0) is 32.3 Å². The van der Waals surface area contributed by atoms with E-state index in [4.69, 9.17) is 23.2 Å². The Balaban J connectivity index is 1.77. The fourth-order valence-corrected chi connectivity index (χ4v) is 6.25. The number of nitrogens with zero attached hydrogens (tertiary/aromatic N) is 2. The molecular formula is C28H34Cl2F3N3O4S. The van der Waals surface area contributed by atoms with E-state index in [1.54, 1.807) is 19.1 Å². The maximum Gasteiger partial charge on any atom is 0.416 e. The van der Waals surface area contributed by atoms with E-state index in [0.29, 0.717) is 15.6 Å². The minimum atomic E-state index is -4.65. The van der Waals surface area contributed by atoms with Crippen molar-refractivity contribution < 1.29 is 31.2 Å². The van der Waals surface area contributed by atoms with E-state index in [2.05, 4.69) is 5.32 Å². The molecule has 41 heavy (non-hydrogen) atoms. The molecule has 7 nitrogen and oxygen atoms in total. The highest BCUT2D eigenvalue weighted by Crippen LogP contribution is 2.32. The number of amides is 2. The standard InChI is InChI=1S/C28H34Cl2F3N3O4S/c1-19(27(38)34-23-9-4-3-5-10-23)35(18-20-13-14-22(29)17-25(20)30)26(37)12-7-15-36(41(2,39)40)24-11-6-8-21(16-24)28(31,32)33/h6,8,11,13-14,16-17,19,23H,3-5,7,9-10,12,15,18H2,1-2H3,(H,34,38)/t19-/m0/s1. The third-order valence-corrected chi connectivity index (χ3v) is 8.87. The second kappa shape index (κ2) is 14.1. The number of alkyl halides is 3. The number of carbonyl (C=O) groups excluding carboxylic acids is 2. The minimum Gasteiger partial charge on any atom is -0.352 e. The highest BCUT2D eigenvalue weighted by molar-refractivity contribution is 7.92. The number of halogens is 5. The van der Waals surface area contributed by atoms with Crippen molar-refractivity contribution in [1.82, 2.24) is 10.2 Å². The second-order valence-corrected chi connectivity index (χ2v) is 13.0. The molecule has 0 unspecified atom stereocenters.